The molecule has 0 unspecified atom stereocenters. The van der Waals surface area contributed by atoms with Crippen LogP contribution in [0.4, 0.5) is 0 Å². The van der Waals surface area contributed by atoms with E-state index in [0.29, 0.717) is 139 Å². The van der Waals surface area contributed by atoms with Crippen molar-refractivity contribution in [2.75, 3.05) is 0 Å². The highest BCUT2D eigenvalue weighted by Crippen LogP contribution is 2.47. The molecule has 0 spiro atoms. The molecule has 0 atom stereocenters. The molecule has 0 aromatic heterocycles. The van der Waals surface area contributed by atoms with Gasteiger partial charge in [0.2, 0.25) is 0 Å². The molecule has 0 heterocycles. The van der Waals surface area contributed by atoms with Crippen LogP contribution in [-0.4, -0.2) is 51.1 Å². The Morgan fingerprint density at radius 2 is 0.257 bits per heavy atom. The number of phenols is 10. The molecule has 0 saturated carbocycles. The molecule has 5 aromatic carbocycles. The number of benzene rings is 5. The molecule has 0 fully saturated rings. The van der Waals surface area contributed by atoms with Crippen molar-refractivity contribution in [3.05, 3.63) is 172 Å². The van der Waals surface area contributed by atoms with Crippen molar-refractivity contribution < 1.29 is 51.1 Å². The molecule has 6 rings (SSSR count). The Morgan fingerprint density at radius 3 is 0.329 bits per heavy atom. The SMILES string of the molecule is C=C1Cc2c(O)c(C)c(C)c(O)c2CC(=C)Cc2c(O)c(C)c(C)c(O)c2CC(=C)Cc2c(O)c(C)c(C)c(O)c2CC(=C)Cc2c(O)c(C)c(C)c(O)c2CC(=C)Cc2c(O)c(C)c(C)c(O)c2C1. The van der Waals surface area contributed by atoms with Crippen LogP contribution in [0, 0.1) is 69.2 Å². The minimum atomic E-state index is -0.0454. The summed E-state index contributed by atoms with van der Waals surface area (Å²) in [4.78, 5) is 0. The average molecular weight is 951 g/mol. The minimum Gasteiger partial charge on any atom is -0.507 e. The second-order valence-corrected chi connectivity index (χ2v) is 20.0. The molecule has 0 saturated heterocycles. The monoisotopic (exact) mass is 950 g/mol. The van der Waals surface area contributed by atoms with E-state index >= 15 is 0 Å². The van der Waals surface area contributed by atoms with Crippen molar-refractivity contribution in [2.24, 2.45) is 0 Å². The maximum atomic E-state index is 11.8. The normalized spacial score (nSPS) is 14.6. The lowest BCUT2D eigenvalue weighted by atomic mass is 9.84. The largest absolute Gasteiger partial charge is 0.507 e. The van der Waals surface area contributed by atoms with Crippen molar-refractivity contribution in [3.8, 4) is 57.5 Å². The standard InChI is InChI=1S/C60H70O10/c1-26-16-41-43(53(63)33(8)31(6)51(41)61)18-27(2)20-45-47(57(67)37(12)35(10)55(45)65)22-29(4)24-49-50(60(70)40(15)39(14)59(49)69)25-30(5)23-48-46(56(66)36(11)38(13)58(48)68)21-28(3)19-44-42(17-26)52(62)32(7)34(9)54(44)64/h61-70H,1-5,16-25H2,6-15H3. The van der Waals surface area contributed by atoms with Crippen molar-refractivity contribution >= 4 is 0 Å². The lowest BCUT2D eigenvalue weighted by molar-refractivity contribution is 0.439. The van der Waals surface area contributed by atoms with E-state index in [-0.39, 0.29) is 122 Å². The zero-order chi connectivity index (χ0) is 52.3. The third-order valence-electron chi connectivity index (χ3n) is 15.3. The molecule has 70 heavy (non-hydrogen) atoms. The molecule has 0 bridgehead atoms. The van der Waals surface area contributed by atoms with E-state index in [0.717, 1.165) is 0 Å². The second kappa shape index (κ2) is 19.7. The molecule has 0 aliphatic heterocycles. The smallest absolute Gasteiger partial charge is 0.122 e. The van der Waals surface area contributed by atoms with Crippen molar-refractivity contribution in [1.82, 2.24) is 0 Å². The van der Waals surface area contributed by atoms with Crippen LogP contribution in [0.1, 0.15) is 111 Å². The highest BCUT2D eigenvalue weighted by Gasteiger charge is 2.29. The summed E-state index contributed by atoms with van der Waals surface area (Å²) >= 11 is 0. The average Bonchev–Trinajstić information content (AvgIpc) is 3.32. The van der Waals surface area contributed by atoms with Crippen LogP contribution in [0.2, 0.25) is 0 Å². The van der Waals surface area contributed by atoms with E-state index in [2.05, 4.69) is 32.9 Å². The first-order valence-electron chi connectivity index (χ1n) is 23.6. The number of hydrogen-bond acceptors (Lipinski definition) is 10. The van der Waals surface area contributed by atoms with Gasteiger partial charge >= 0.3 is 0 Å². The molecule has 10 N–H and O–H groups in total. The third-order valence-corrected chi connectivity index (χ3v) is 15.3. The van der Waals surface area contributed by atoms with Crippen LogP contribution in [0.25, 0.3) is 0 Å². The first kappa shape index (κ1) is 52.2. The van der Waals surface area contributed by atoms with Gasteiger partial charge in [-0.3, -0.25) is 0 Å². The fraction of sp³-hybridized carbons (Fsp3) is 0.333. The number of phenolic OH excluding ortho intramolecular Hbond substituents is 10. The molecular weight excluding hydrogens is 881 g/mol. The summed E-state index contributed by atoms with van der Waals surface area (Å²) in [6, 6.07) is 0. The molecule has 5 aromatic rings. The molecule has 1 aliphatic rings. The zero-order valence-electron chi connectivity index (χ0n) is 42.6. The Bertz CT molecular complexity index is 2440. The van der Waals surface area contributed by atoms with Crippen LogP contribution < -0.4 is 0 Å². The Hall–Kier alpha value is -7.20. The van der Waals surface area contributed by atoms with Gasteiger partial charge in [-0.05, 0) is 189 Å². The quantitative estimate of drug-likeness (QED) is 0.0526. The Balaban J connectivity index is 1.59. The zero-order valence-corrected chi connectivity index (χ0v) is 42.6. The molecule has 10 nitrogen and oxygen atoms in total. The topological polar surface area (TPSA) is 202 Å². The van der Waals surface area contributed by atoms with Gasteiger partial charge in [0.05, 0.1) is 0 Å². The van der Waals surface area contributed by atoms with E-state index in [4.69, 9.17) is 0 Å². The van der Waals surface area contributed by atoms with Gasteiger partial charge in [-0.2, -0.15) is 0 Å². The molecule has 370 valence electrons. The summed E-state index contributed by atoms with van der Waals surface area (Å²) in [5, 5.41) is 118. The predicted octanol–water partition coefficient (Wildman–Crippen LogP) is 11.8. The fourth-order valence-corrected chi connectivity index (χ4v) is 10.2. The first-order valence-corrected chi connectivity index (χ1v) is 23.6. The summed E-state index contributed by atoms with van der Waals surface area (Å²) in [7, 11) is 0. The van der Waals surface area contributed by atoms with Gasteiger partial charge in [0, 0.05) is 55.6 Å². The van der Waals surface area contributed by atoms with Gasteiger partial charge in [-0.1, -0.05) is 60.8 Å². The van der Waals surface area contributed by atoms with Crippen LogP contribution in [0.3, 0.4) is 0 Å². The van der Waals surface area contributed by atoms with E-state index in [1.54, 1.807) is 69.2 Å². The maximum Gasteiger partial charge on any atom is 0.122 e. The summed E-state index contributed by atoms with van der Waals surface area (Å²) < 4.78 is 0. The molecule has 0 amide bonds. The first-order chi connectivity index (χ1) is 32.6. The van der Waals surface area contributed by atoms with Gasteiger partial charge in [0.15, 0.2) is 0 Å². The van der Waals surface area contributed by atoms with E-state index in [1.165, 1.54) is 0 Å². The van der Waals surface area contributed by atoms with Crippen molar-refractivity contribution in [2.45, 2.75) is 133 Å². The number of aromatic hydroxyl groups is 10. The molecule has 0 radical (unpaired) electrons. The highest BCUT2D eigenvalue weighted by atomic mass is 16.3. The number of allylic oxidation sites excluding steroid dienone is 5. The number of fused-ring (bicyclic) bond motifs is 5. The van der Waals surface area contributed by atoms with Gasteiger partial charge in [0.1, 0.15) is 57.5 Å². The third kappa shape index (κ3) is 9.31. The van der Waals surface area contributed by atoms with E-state index in [1.807, 2.05) is 0 Å². The van der Waals surface area contributed by atoms with Crippen LogP contribution >= 0.6 is 0 Å². The summed E-state index contributed by atoms with van der Waals surface area (Å²) in [5.41, 5.74) is 11.3. The van der Waals surface area contributed by atoms with Crippen molar-refractivity contribution in [1.29, 1.82) is 0 Å². The predicted molar refractivity (Wildman–Crippen MR) is 279 cm³/mol. The van der Waals surface area contributed by atoms with Crippen LogP contribution in [0.5, 0.6) is 57.5 Å². The second-order valence-electron chi connectivity index (χ2n) is 20.0. The molecule has 10 heteroatoms. The summed E-state index contributed by atoms with van der Waals surface area (Å²) in [5.74, 6) is -0.454. The maximum absolute atomic E-state index is 11.8. The minimum absolute atomic E-state index is 0.0454. The van der Waals surface area contributed by atoms with Gasteiger partial charge in [-0.25, -0.2) is 0 Å². The van der Waals surface area contributed by atoms with Gasteiger partial charge in [-0.15, -0.1) is 0 Å². The summed E-state index contributed by atoms with van der Waals surface area (Å²) in [6.07, 6.45) is 0.588. The van der Waals surface area contributed by atoms with Crippen molar-refractivity contribution in [3.63, 3.8) is 0 Å². The molecular formula is C60H70O10. The Kier molecular flexibility index (Phi) is 14.7. The van der Waals surface area contributed by atoms with Crippen LogP contribution in [0.15, 0.2) is 60.8 Å². The summed E-state index contributed by atoms with van der Waals surface area (Å²) in [6.45, 7) is 39.0. The fourth-order valence-electron chi connectivity index (χ4n) is 10.2. The Labute approximate surface area is 412 Å². The van der Waals surface area contributed by atoms with Gasteiger partial charge in [0.25, 0.3) is 0 Å². The van der Waals surface area contributed by atoms with Gasteiger partial charge < -0.3 is 51.1 Å². The Morgan fingerprint density at radius 1 is 0.186 bits per heavy atom. The lowest BCUT2D eigenvalue weighted by Crippen LogP contribution is -2.09. The highest BCUT2D eigenvalue weighted by molar-refractivity contribution is 5.65. The van der Waals surface area contributed by atoms with Crippen LogP contribution in [-0.2, 0) is 64.2 Å². The van der Waals surface area contributed by atoms with E-state index < -0.39 is 0 Å². The lowest BCUT2D eigenvalue weighted by Gasteiger charge is -2.23. The number of hydrogen-bond donors (Lipinski definition) is 10. The molecule has 1 aliphatic carbocycles. The number of rotatable bonds is 0. The van der Waals surface area contributed by atoms with E-state index in [9.17, 15) is 51.1 Å².